The van der Waals surface area contributed by atoms with Crippen molar-refractivity contribution >= 4 is 11.9 Å². The number of rotatable bonds is 5. The van der Waals surface area contributed by atoms with Gasteiger partial charge in [-0.2, -0.15) is 5.10 Å². The maximum atomic E-state index is 12.6. The summed E-state index contributed by atoms with van der Waals surface area (Å²) in [4.78, 5) is 25.3. The maximum absolute atomic E-state index is 12.6. The molecule has 0 aliphatic carbocycles. The van der Waals surface area contributed by atoms with Gasteiger partial charge >= 0.3 is 0 Å². The topological polar surface area (TPSA) is 67.2 Å². The second-order valence-electron chi connectivity index (χ2n) is 7.42. The Kier molecular flexibility index (Phi) is 5.55. The van der Waals surface area contributed by atoms with Crippen LogP contribution in [-0.2, 0) is 11.2 Å². The van der Waals surface area contributed by atoms with E-state index in [1.165, 1.54) is 5.56 Å². The van der Waals surface area contributed by atoms with Gasteiger partial charge in [0.25, 0.3) is 0 Å². The van der Waals surface area contributed by atoms with Crippen LogP contribution in [0.4, 0.5) is 5.95 Å². The Balaban J connectivity index is 1.28. The molecular weight excluding hydrogens is 364 g/mol. The van der Waals surface area contributed by atoms with Gasteiger partial charge in [-0.1, -0.05) is 12.1 Å². The van der Waals surface area contributed by atoms with E-state index in [-0.39, 0.29) is 5.91 Å². The zero-order valence-corrected chi connectivity index (χ0v) is 17.0. The lowest BCUT2D eigenvalue weighted by Crippen LogP contribution is -2.49. The molecule has 1 aliphatic rings. The molecule has 0 unspecified atom stereocenters. The van der Waals surface area contributed by atoms with Gasteiger partial charge in [0, 0.05) is 50.7 Å². The number of piperazine rings is 1. The number of aromatic nitrogens is 4. The van der Waals surface area contributed by atoms with Crippen LogP contribution in [0.25, 0.3) is 5.69 Å². The van der Waals surface area contributed by atoms with Crippen LogP contribution in [0.2, 0.25) is 0 Å². The van der Waals surface area contributed by atoms with Gasteiger partial charge in [0.15, 0.2) is 0 Å². The van der Waals surface area contributed by atoms with Gasteiger partial charge in [0.05, 0.1) is 11.4 Å². The highest BCUT2D eigenvalue weighted by Crippen LogP contribution is 2.15. The maximum Gasteiger partial charge on any atom is 0.225 e. The van der Waals surface area contributed by atoms with Crippen molar-refractivity contribution in [1.29, 1.82) is 0 Å². The number of carbonyl (C=O) groups is 1. The molecule has 3 heterocycles. The van der Waals surface area contributed by atoms with Crippen LogP contribution in [0.15, 0.2) is 48.8 Å². The molecule has 4 rings (SSSR count). The molecule has 1 aromatic carbocycles. The van der Waals surface area contributed by atoms with E-state index < -0.39 is 0 Å². The summed E-state index contributed by atoms with van der Waals surface area (Å²) in [5.41, 5.74) is 4.34. The van der Waals surface area contributed by atoms with Gasteiger partial charge in [-0.3, -0.25) is 4.79 Å². The average Bonchev–Trinajstić information content (AvgIpc) is 3.11. The number of amides is 1. The fourth-order valence-electron chi connectivity index (χ4n) is 3.71. The first-order valence-corrected chi connectivity index (χ1v) is 10.0. The quantitative estimate of drug-likeness (QED) is 0.670. The van der Waals surface area contributed by atoms with E-state index >= 15 is 0 Å². The summed E-state index contributed by atoms with van der Waals surface area (Å²) < 4.78 is 1.94. The number of benzene rings is 1. The predicted octanol–water partition coefficient (Wildman–Crippen LogP) is 2.56. The Hall–Kier alpha value is -3.22. The molecule has 2 aromatic heterocycles. The lowest BCUT2D eigenvalue weighted by atomic mass is 10.1. The van der Waals surface area contributed by atoms with E-state index in [1.807, 2.05) is 22.6 Å². The number of nitrogens with zero attached hydrogens (tertiary/aromatic N) is 6. The van der Waals surface area contributed by atoms with Crippen molar-refractivity contribution in [3.63, 3.8) is 0 Å². The first-order chi connectivity index (χ1) is 14.1. The van der Waals surface area contributed by atoms with E-state index in [9.17, 15) is 4.79 Å². The van der Waals surface area contributed by atoms with Crippen LogP contribution >= 0.6 is 0 Å². The highest BCUT2D eigenvalue weighted by Gasteiger charge is 2.22. The number of aryl methyl sites for hydroxylation is 3. The third-order valence-corrected chi connectivity index (χ3v) is 5.29. The molecule has 7 heteroatoms. The number of carbonyl (C=O) groups excluding carboxylic acids is 1. The third kappa shape index (κ3) is 4.45. The van der Waals surface area contributed by atoms with Crippen molar-refractivity contribution in [2.45, 2.75) is 26.7 Å². The molecule has 7 nitrogen and oxygen atoms in total. The Bertz CT molecular complexity index is 959. The van der Waals surface area contributed by atoms with Gasteiger partial charge < -0.3 is 9.80 Å². The van der Waals surface area contributed by atoms with Crippen molar-refractivity contribution in [2.75, 3.05) is 31.1 Å². The highest BCUT2D eigenvalue weighted by molar-refractivity contribution is 5.76. The van der Waals surface area contributed by atoms with Gasteiger partial charge in [-0.15, -0.1) is 0 Å². The summed E-state index contributed by atoms with van der Waals surface area (Å²) in [5, 5.41) is 4.52. The van der Waals surface area contributed by atoms with Gasteiger partial charge in [0.1, 0.15) is 0 Å². The zero-order chi connectivity index (χ0) is 20.2. The molecule has 0 radical (unpaired) electrons. The van der Waals surface area contributed by atoms with Crippen molar-refractivity contribution in [1.82, 2.24) is 24.6 Å². The zero-order valence-electron chi connectivity index (χ0n) is 17.0. The lowest BCUT2D eigenvalue weighted by Gasteiger charge is -2.34. The molecule has 150 valence electrons. The molecule has 1 amide bonds. The molecule has 0 saturated carbocycles. The minimum atomic E-state index is 0.209. The molecule has 3 aromatic rings. The number of anilines is 1. The van der Waals surface area contributed by atoms with Crippen LogP contribution in [0, 0.1) is 13.8 Å². The molecule has 0 bridgehead atoms. The van der Waals surface area contributed by atoms with E-state index in [4.69, 9.17) is 0 Å². The smallest absolute Gasteiger partial charge is 0.225 e. The first-order valence-electron chi connectivity index (χ1n) is 10.0. The molecule has 1 fully saturated rings. The summed E-state index contributed by atoms with van der Waals surface area (Å²) in [6.45, 7) is 7.02. The van der Waals surface area contributed by atoms with Crippen LogP contribution in [0.1, 0.15) is 23.4 Å². The second kappa shape index (κ2) is 8.43. The summed E-state index contributed by atoms with van der Waals surface area (Å²) in [7, 11) is 0. The Labute approximate surface area is 171 Å². The number of hydrogen-bond donors (Lipinski definition) is 0. The molecule has 0 N–H and O–H groups in total. The fourth-order valence-corrected chi connectivity index (χ4v) is 3.71. The van der Waals surface area contributed by atoms with E-state index in [1.54, 1.807) is 12.4 Å². The highest BCUT2D eigenvalue weighted by atomic mass is 16.2. The van der Waals surface area contributed by atoms with Crippen LogP contribution in [0.3, 0.4) is 0 Å². The molecule has 0 spiro atoms. The summed E-state index contributed by atoms with van der Waals surface area (Å²) in [6, 6.07) is 12.2. The van der Waals surface area contributed by atoms with Crippen molar-refractivity contribution in [2.24, 2.45) is 0 Å². The van der Waals surface area contributed by atoms with Crippen LogP contribution in [-0.4, -0.2) is 56.7 Å². The third-order valence-electron chi connectivity index (χ3n) is 5.29. The van der Waals surface area contributed by atoms with Gasteiger partial charge in [0.2, 0.25) is 11.9 Å². The minimum absolute atomic E-state index is 0.209. The average molecular weight is 390 g/mol. The van der Waals surface area contributed by atoms with Crippen LogP contribution < -0.4 is 4.90 Å². The summed E-state index contributed by atoms with van der Waals surface area (Å²) in [6.07, 6.45) is 4.78. The van der Waals surface area contributed by atoms with Crippen molar-refractivity contribution < 1.29 is 4.79 Å². The molecule has 1 saturated heterocycles. The monoisotopic (exact) mass is 390 g/mol. The van der Waals surface area contributed by atoms with Crippen LogP contribution in [0.5, 0.6) is 0 Å². The second-order valence-corrected chi connectivity index (χ2v) is 7.42. The van der Waals surface area contributed by atoms with Gasteiger partial charge in [-0.05, 0) is 50.1 Å². The normalized spacial score (nSPS) is 14.3. The largest absolute Gasteiger partial charge is 0.339 e. The fraction of sp³-hybridized carbons (Fsp3) is 0.364. The standard InChI is InChI=1S/C22H26N6O/c1-17-16-18(2)28(25-17)20-7-4-19(5-8-20)6-9-21(29)26-12-14-27(15-13-26)22-23-10-3-11-24-22/h3-5,7-8,10-11,16H,6,9,12-15H2,1-2H3. The molecule has 29 heavy (non-hydrogen) atoms. The molecular formula is C22H26N6O. The predicted molar refractivity (Wildman–Crippen MR) is 112 cm³/mol. The van der Waals surface area contributed by atoms with E-state index in [0.29, 0.717) is 19.5 Å². The molecule has 1 aliphatic heterocycles. The van der Waals surface area contributed by atoms with Crippen molar-refractivity contribution in [3.05, 3.63) is 65.7 Å². The Morgan fingerprint density at radius 1 is 1.00 bits per heavy atom. The molecule has 0 atom stereocenters. The first kappa shape index (κ1) is 19.1. The summed E-state index contributed by atoms with van der Waals surface area (Å²) in [5.74, 6) is 0.948. The minimum Gasteiger partial charge on any atom is -0.339 e. The summed E-state index contributed by atoms with van der Waals surface area (Å²) >= 11 is 0. The van der Waals surface area contributed by atoms with Crippen molar-refractivity contribution in [3.8, 4) is 5.69 Å². The number of hydrogen-bond acceptors (Lipinski definition) is 5. The Morgan fingerprint density at radius 2 is 1.69 bits per heavy atom. The van der Waals surface area contributed by atoms with E-state index in [2.05, 4.69) is 57.2 Å². The van der Waals surface area contributed by atoms with Gasteiger partial charge in [-0.25, -0.2) is 14.6 Å². The lowest BCUT2D eigenvalue weighted by molar-refractivity contribution is -0.131. The SMILES string of the molecule is Cc1cc(C)n(-c2ccc(CCC(=O)N3CCN(c4ncccn4)CC3)cc2)n1. The Morgan fingerprint density at radius 3 is 2.31 bits per heavy atom. The van der Waals surface area contributed by atoms with E-state index in [0.717, 1.165) is 42.5 Å².